The molecule has 164 valence electrons. The van der Waals surface area contributed by atoms with Crippen molar-refractivity contribution < 1.29 is 9.53 Å². The van der Waals surface area contributed by atoms with Gasteiger partial charge in [-0.25, -0.2) is 9.50 Å². The van der Waals surface area contributed by atoms with Crippen molar-refractivity contribution in [2.45, 2.75) is 57.5 Å². The lowest BCUT2D eigenvalue weighted by atomic mass is 9.86. The molecule has 6 nitrogen and oxygen atoms in total. The second-order valence-electron chi connectivity index (χ2n) is 8.36. The molecule has 2 aromatic heterocycles. The molecule has 1 fully saturated rings. The highest BCUT2D eigenvalue weighted by Crippen LogP contribution is 2.36. The van der Waals surface area contributed by atoms with Crippen molar-refractivity contribution >= 4 is 23.3 Å². The van der Waals surface area contributed by atoms with Crippen LogP contribution < -0.4 is 10.1 Å². The van der Waals surface area contributed by atoms with Crippen LogP contribution in [0.5, 0.6) is 5.75 Å². The first-order valence-electron chi connectivity index (χ1n) is 10.9. The summed E-state index contributed by atoms with van der Waals surface area (Å²) in [6, 6.07) is 10.2. The monoisotopic (exact) mass is 438 g/mol. The third kappa shape index (κ3) is 4.56. The van der Waals surface area contributed by atoms with Gasteiger partial charge in [0.25, 0.3) is 0 Å². The second kappa shape index (κ2) is 9.30. The minimum Gasteiger partial charge on any atom is -0.496 e. The number of para-hydroxylation sites is 1. The minimum absolute atomic E-state index is 0.0835. The van der Waals surface area contributed by atoms with Gasteiger partial charge in [-0.05, 0) is 44.7 Å². The summed E-state index contributed by atoms with van der Waals surface area (Å²) in [5.74, 6) is 1.79. The lowest BCUT2D eigenvalue weighted by molar-refractivity contribution is -0.119. The van der Waals surface area contributed by atoms with Crippen LogP contribution in [-0.2, 0) is 4.79 Å². The number of nitrogens with zero attached hydrogens (tertiary/aromatic N) is 3. The van der Waals surface area contributed by atoms with E-state index in [1.165, 1.54) is 31.0 Å². The number of methoxy groups -OCH3 is 1. The van der Waals surface area contributed by atoms with Gasteiger partial charge in [0, 0.05) is 17.3 Å². The van der Waals surface area contributed by atoms with Gasteiger partial charge >= 0.3 is 0 Å². The number of ether oxygens (including phenoxy) is 1. The normalized spacial score (nSPS) is 18.8. The number of aryl methyl sites for hydroxylation is 2. The van der Waals surface area contributed by atoms with Crippen molar-refractivity contribution in [1.82, 2.24) is 19.9 Å². The Labute approximate surface area is 187 Å². The quantitative estimate of drug-likeness (QED) is 0.442. The summed E-state index contributed by atoms with van der Waals surface area (Å²) >= 11 is 1.51. The lowest BCUT2D eigenvalue weighted by Crippen LogP contribution is -2.41. The van der Waals surface area contributed by atoms with E-state index in [0.29, 0.717) is 17.7 Å². The number of carbonyl (C=O) groups excluding carboxylic acids is 1. The Morgan fingerprint density at radius 2 is 2.03 bits per heavy atom. The molecule has 31 heavy (non-hydrogen) atoms. The maximum absolute atomic E-state index is 12.6. The highest BCUT2D eigenvalue weighted by molar-refractivity contribution is 7.99. The van der Waals surface area contributed by atoms with Crippen LogP contribution >= 0.6 is 11.8 Å². The van der Waals surface area contributed by atoms with Gasteiger partial charge in [-0.2, -0.15) is 5.10 Å². The molecule has 0 saturated heterocycles. The Bertz CT molecular complexity index is 1090. The molecule has 1 saturated carbocycles. The molecule has 0 aliphatic heterocycles. The highest BCUT2D eigenvalue weighted by Gasteiger charge is 2.23. The van der Waals surface area contributed by atoms with Gasteiger partial charge in [-0.1, -0.05) is 49.7 Å². The molecule has 0 spiro atoms. The van der Waals surface area contributed by atoms with Gasteiger partial charge in [-0.15, -0.1) is 0 Å². The second-order valence-corrected chi connectivity index (χ2v) is 9.35. The van der Waals surface area contributed by atoms with Gasteiger partial charge < -0.3 is 10.1 Å². The maximum atomic E-state index is 12.6. The Morgan fingerprint density at radius 1 is 1.26 bits per heavy atom. The number of thioether (sulfide) groups is 1. The molecule has 7 heteroatoms. The Kier molecular flexibility index (Phi) is 6.51. The van der Waals surface area contributed by atoms with Crippen LogP contribution in [0.25, 0.3) is 16.8 Å². The summed E-state index contributed by atoms with van der Waals surface area (Å²) in [7, 11) is 1.67. The fourth-order valence-electron chi connectivity index (χ4n) is 4.40. The number of benzene rings is 1. The number of nitrogens with one attached hydrogen (secondary N) is 1. The van der Waals surface area contributed by atoms with Crippen LogP contribution in [0.15, 0.2) is 35.4 Å². The Morgan fingerprint density at radius 3 is 2.81 bits per heavy atom. The predicted molar refractivity (Wildman–Crippen MR) is 125 cm³/mol. The van der Waals surface area contributed by atoms with E-state index in [0.717, 1.165) is 45.4 Å². The Balaban J connectivity index is 1.60. The van der Waals surface area contributed by atoms with Gasteiger partial charge in [0.15, 0.2) is 5.65 Å². The molecule has 1 amide bonds. The number of hydrogen-bond donors (Lipinski definition) is 1. The van der Waals surface area contributed by atoms with Crippen molar-refractivity contribution in [2.24, 2.45) is 5.92 Å². The van der Waals surface area contributed by atoms with Gasteiger partial charge in [-0.3, -0.25) is 4.79 Å². The molecule has 2 atom stereocenters. The fourth-order valence-corrected chi connectivity index (χ4v) is 5.26. The zero-order valence-electron chi connectivity index (χ0n) is 18.6. The smallest absolute Gasteiger partial charge is 0.230 e. The number of hydrogen-bond acceptors (Lipinski definition) is 5. The number of amides is 1. The largest absolute Gasteiger partial charge is 0.496 e. The average Bonchev–Trinajstić information content (AvgIpc) is 3.09. The molecule has 2 heterocycles. The van der Waals surface area contributed by atoms with E-state index in [4.69, 9.17) is 14.8 Å². The molecule has 0 bridgehead atoms. The summed E-state index contributed by atoms with van der Waals surface area (Å²) in [4.78, 5) is 17.4. The standard InChI is InChI=1S/C24H30N4O2S/c1-15-9-5-7-11-19(15)26-21(29)14-31-22-13-16(2)25-24-23(17(3)27-28(22)24)18-10-6-8-12-20(18)30-4/h6,8,10,12-13,15,19H,5,7,9,11,14H2,1-4H3,(H,26,29)/t15-,19+/m1/s1. The van der Waals surface area contributed by atoms with E-state index in [9.17, 15) is 4.79 Å². The van der Waals surface area contributed by atoms with E-state index < -0.39 is 0 Å². The molecule has 1 aliphatic rings. The zero-order chi connectivity index (χ0) is 22.0. The molecular formula is C24H30N4O2S. The first-order valence-corrected chi connectivity index (χ1v) is 11.9. The van der Waals surface area contributed by atoms with Gasteiger partial charge in [0.05, 0.1) is 24.1 Å². The summed E-state index contributed by atoms with van der Waals surface area (Å²) < 4.78 is 7.42. The van der Waals surface area contributed by atoms with E-state index in [1.807, 2.05) is 48.7 Å². The van der Waals surface area contributed by atoms with E-state index in [-0.39, 0.29) is 5.91 Å². The molecule has 1 aliphatic carbocycles. The van der Waals surface area contributed by atoms with Gasteiger partial charge in [0.2, 0.25) is 5.91 Å². The van der Waals surface area contributed by atoms with Crippen LogP contribution in [0.1, 0.15) is 44.0 Å². The molecular weight excluding hydrogens is 408 g/mol. The van der Waals surface area contributed by atoms with Crippen molar-refractivity contribution in [3.63, 3.8) is 0 Å². The van der Waals surface area contributed by atoms with Crippen LogP contribution in [0, 0.1) is 19.8 Å². The van der Waals surface area contributed by atoms with E-state index in [2.05, 4.69) is 12.2 Å². The predicted octanol–water partition coefficient (Wildman–Crippen LogP) is 4.81. The van der Waals surface area contributed by atoms with Crippen molar-refractivity contribution in [1.29, 1.82) is 0 Å². The number of aromatic nitrogens is 3. The third-order valence-electron chi connectivity index (χ3n) is 6.04. The topological polar surface area (TPSA) is 68.5 Å². The van der Waals surface area contributed by atoms with Crippen LogP contribution in [-0.4, -0.2) is 39.4 Å². The van der Waals surface area contributed by atoms with Crippen molar-refractivity contribution in [3.05, 3.63) is 41.7 Å². The molecule has 3 aromatic rings. The molecule has 1 aromatic carbocycles. The van der Waals surface area contributed by atoms with E-state index in [1.54, 1.807) is 7.11 Å². The minimum atomic E-state index is 0.0835. The first-order chi connectivity index (χ1) is 15.0. The van der Waals surface area contributed by atoms with Crippen molar-refractivity contribution in [2.75, 3.05) is 12.9 Å². The lowest BCUT2D eigenvalue weighted by Gasteiger charge is -2.29. The molecule has 1 N–H and O–H groups in total. The molecule has 4 rings (SSSR count). The van der Waals surface area contributed by atoms with Crippen LogP contribution in [0.2, 0.25) is 0 Å². The van der Waals surface area contributed by atoms with E-state index >= 15 is 0 Å². The summed E-state index contributed by atoms with van der Waals surface area (Å²) in [5.41, 5.74) is 4.49. The summed E-state index contributed by atoms with van der Waals surface area (Å²) in [6.07, 6.45) is 4.74. The average molecular weight is 439 g/mol. The number of carbonyl (C=O) groups is 1. The van der Waals surface area contributed by atoms with Crippen LogP contribution in [0.4, 0.5) is 0 Å². The van der Waals surface area contributed by atoms with Gasteiger partial charge in [0.1, 0.15) is 10.8 Å². The number of fused-ring (bicyclic) bond motifs is 1. The summed E-state index contributed by atoms with van der Waals surface area (Å²) in [6.45, 7) is 6.19. The maximum Gasteiger partial charge on any atom is 0.230 e. The molecule has 0 radical (unpaired) electrons. The van der Waals surface area contributed by atoms with Crippen molar-refractivity contribution in [3.8, 4) is 16.9 Å². The van der Waals surface area contributed by atoms with Crippen LogP contribution in [0.3, 0.4) is 0 Å². The molecule has 0 unspecified atom stereocenters. The number of rotatable bonds is 6. The fraction of sp³-hybridized carbons (Fsp3) is 0.458. The SMILES string of the molecule is COc1ccccc1-c1c(C)nn2c(SCC(=O)N[C@H]3CCCC[C@H]3C)cc(C)nc12. The summed E-state index contributed by atoms with van der Waals surface area (Å²) in [5, 5.41) is 8.91. The highest BCUT2D eigenvalue weighted by atomic mass is 32.2. The zero-order valence-corrected chi connectivity index (χ0v) is 19.5. The third-order valence-corrected chi connectivity index (χ3v) is 7.04. The first kappa shape index (κ1) is 21.7. The Hall–Kier alpha value is -2.54.